The fourth-order valence-corrected chi connectivity index (χ4v) is 7.74. The van der Waals surface area contributed by atoms with Crippen molar-refractivity contribution in [1.82, 2.24) is 15.3 Å². The Morgan fingerprint density at radius 2 is 0.895 bits per heavy atom. The van der Waals surface area contributed by atoms with Gasteiger partial charge in [0.15, 0.2) is 0 Å². The van der Waals surface area contributed by atoms with Crippen molar-refractivity contribution in [3.63, 3.8) is 0 Å². The third-order valence-corrected chi connectivity index (χ3v) is 10.7. The Bertz CT molecular complexity index is 3010. The van der Waals surface area contributed by atoms with Gasteiger partial charge in [-0.3, -0.25) is 5.41 Å². The van der Waals surface area contributed by atoms with Gasteiger partial charge in [-0.05, 0) is 52.1 Å². The van der Waals surface area contributed by atoms with Crippen LogP contribution in [0.25, 0.3) is 78.5 Å². The van der Waals surface area contributed by atoms with Gasteiger partial charge in [-0.15, -0.1) is 0 Å². The molecular weight excluding hydrogens is 693 g/mol. The van der Waals surface area contributed by atoms with Crippen LogP contribution in [0.5, 0.6) is 0 Å². The summed E-state index contributed by atoms with van der Waals surface area (Å²) in [6.45, 7) is 0. The lowest BCUT2D eigenvalue weighted by Gasteiger charge is -2.27. The zero-order chi connectivity index (χ0) is 38.1. The van der Waals surface area contributed by atoms with Crippen LogP contribution < -0.4 is 5.32 Å². The fourth-order valence-electron chi connectivity index (χ4n) is 7.74. The van der Waals surface area contributed by atoms with Crippen LogP contribution in [0.3, 0.4) is 0 Å². The minimum Gasteiger partial charge on any atom is -0.354 e. The molecule has 0 radical (unpaired) electrons. The van der Waals surface area contributed by atoms with Crippen LogP contribution in [-0.4, -0.2) is 15.7 Å². The van der Waals surface area contributed by atoms with Crippen molar-refractivity contribution in [3.8, 4) is 33.6 Å². The normalized spacial score (nSPS) is 13.1. The molecule has 0 spiro atoms. The maximum atomic E-state index is 9.61. The van der Waals surface area contributed by atoms with Gasteiger partial charge in [-0.25, -0.2) is 9.97 Å². The summed E-state index contributed by atoms with van der Waals surface area (Å²) in [4.78, 5) is 10.3. The monoisotopic (exact) mass is 728 g/mol. The SMILES string of the molecule is N=C(/C(=C1\NC(c2ccccc2)=Cc2ccc(-c3ccc(-c4ccc5ccc6ccc(-c7ccccc7)nc6c5n4)cc3)cc21)c1ccccc1)c1ccccc1. The second kappa shape index (κ2) is 14.5. The molecular formula is C53H36N4. The fraction of sp³-hybridized carbons (Fsp3) is 0. The van der Waals surface area contributed by atoms with E-state index in [0.717, 1.165) is 100 Å². The number of allylic oxidation sites excluding steroid dienone is 1. The zero-order valence-corrected chi connectivity index (χ0v) is 31.0. The summed E-state index contributed by atoms with van der Waals surface area (Å²) in [6, 6.07) is 68.9. The summed E-state index contributed by atoms with van der Waals surface area (Å²) in [5.74, 6) is 0. The molecule has 0 saturated heterocycles. The first-order valence-electron chi connectivity index (χ1n) is 19.2. The zero-order valence-electron chi connectivity index (χ0n) is 31.0. The minimum absolute atomic E-state index is 0.460. The maximum Gasteiger partial charge on any atom is 0.0972 e. The molecule has 2 N–H and O–H groups in total. The van der Waals surface area contributed by atoms with E-state index >= 15 is 0 Å². The quantitative estimate of drug-likeness (QED) is 0.127. The van der Waals surface area contributed by atoms with Gasteiger partial charge in [0, 0.05) is 44.3 Å². The highest BCUT2D eigenvalue weighted by Gasteiger charge is 2.24. The first-order chi connectivity index (χ1) is 28.2. The van der Waals surface area contributed by atoms with Crippen molar-refractivity contribution >= 4 is 50.6 Å². The van der Waals surface area contributed by atoms with E-state index in [2.05, 4.69) is 139 Å². The number of aromatic nitrogens is 2. The van der Waals surface area contributed by atoms with Crippen molar-refractivity contribution in [2.24, 2.45) is 0 Å². The molecule has 4 heteroatoms. The molecule has 0 fully saturated rings. The van der Waals surface area contributed by atoms with Crippen LogP contribution in [0, 0.1) is 5.41 Å². The van der Waals surface area contributed by atoms with Crippen LogP contribution >= 0.6 is 0 Å². The lowest BCUT2D eigenvalue weighted by Crippen LogP contribution is -2.20. The maximum absolute atomic E-state index is 9.61. The molecule has 1 aliphatic rings. The number of benzene rings is 7. The largest absolute Gasteiger partial charge is 0.354 e. The molecule has 268 valence electrons. The number of hydrogen-bond donors (Lipinski definition) is 2. The third kappa shape index (κ3) is 6.49. The Kier molecular flexibility index (Phi) is 8.62. The Hall–Kier alpha value is -7.69. The first kappa shape index (κ1) is 33.8. The molecule has 4 nitrogen and oxygen atoms in total. The van der Waals surface area contributed by atoms with Gasteiger partial charge >= 0.3 is 0 Å². The Morgan fingerprint density at radius 3 is 1.49 bits per heavy atom. The van der Waals surface area contributed by atoms with Crippen molar-refractivity contribution < 1.29 is 0 Å². The Balaban J connectivity index is 1.07. The Labute approximate surface area is 331 Å². The molecule has 7 aromatic carbocycles. The predicted octanol–water partition coefficient (Wildman–Crippen LogP) is 12.8. The molecule has 0 bridgehead atoms. The molecule has 3 heterocycles. The number of fused-ring (bicyclic) bond motifs is 4. The highest BCUT2D eigenvalue weighted by Crippen LogP contribution is 2.39. The minimum atomic E-state index is 0.460. The van der Waals surface area contributed by atoms with E-state index < -0.39 is 0 Å². The molecule has 10 rings (SSSR count). The highest BCUT2D eigenvalue weighted by atomic mass is 14.9. The van der Waals surface area contributed by atoms with Gasteiger partial charge in [0.05, 0.1) is 33.8 Å². The smallest absolute Gasteiger partial charge is 0.0972 e. The topological polar surface area (TPSA) is 61.7 Å². The molecule has 57 heavy (non-hydrogen) atoms. The summed E-state index contributed by atoms with van der Waals surface area (Å²) in [6.07, 6.45) is 2.21. The lowest BCUT2D eigenvalue weighted by molar-refractivity contribution is 1.22. The molecule has 0 atom stereocenters. The van der Waals surface area contributed by atoms with Crippen molar-refractivity contribution in [3.05, 3.63) is 228 Å². The van der Waals surface area contributed by atoms with E-state index in [0.29, 0.717) is 5.71 Å². The van der Waals surface area contributed by atoms with E-state index in [4.69, 9.17) is 9.97 Å². The summed E-state index contributed by atoms with van der Waals surface area (Å²) < 4.78 is 0. The first-order valence-corrected chi connectivity index (χ1v) is 19.2. The lowest BCUT2D eigenvalue weighted by atomic mass is 9.86. The van der Waals surface area contributed by atoms with Crippen LogP contribution in [-0.2, 0) is 0 Å². The molecule has 0 saturated carbocycles. The van der Waals surface area contributed by atoms with Crippen molar-refractivity contribution in [1.29, 1.82) is 5.41 Å². The summed E-state index contributed by atoms with van der Waals surface area (Å²) >= 11 is 0. The molecule has 0 unspecified atom stereocenters. The van der Waals surface area contributed by atoms with E-state index in [1.807, 2.05) is 72.8 Å². The van der Waals surface area contributed by atoms with E-state index in [1.54, 1.807) is 0 Å². The third-order valence-electron chi connectivity index (χ3n) is 10.7. The van der Waals surface area contributed by atoms with E-state index in [1.165, 1.54) is 0 Å². The van der Waals surface area contributed by atoms with Gasteiger partial charge in [-0.1, -0.05) is 182 Å². The second-order valence-electron chi connectivity index (χ2n) is 14.3. The number of nitrogens with one attached hydrogen (secondary N) is 2. The molecule has 0 amide bonds. The second-order valence-corrected chi connectivity index (χ2v) is 14.3. The number of nitrogens with zero attached hydrogens (tertiary/aromatic N) is 2. The van der Waals surface area contributed by atoms with Crippen LogP contribution in [0.15, 0.2) is 200 Å². The van der Waals surface area contributed by atoms with Crippen LogP contribution in [0.1, 0.15) is 27.8 Å². The van der Waals surface area contributed by atoms with Gasteiger partial charge in [0.1, 0.15) is 0 Å². The van der Waals surface area contributed by atoms with Crippen molar-refractivity contribution in [2.75, 3.05) is 0 Å². The average Bonchev–Trinajstić information content (AvgIpc) is 3.29. The standard InChI is InChI=1S/C53H36N4/c54-50(40-19-11-4-12-20-40)49(39-17-9-3-10-18-39)53-45-33-43(27-28-44(45)34-48(57-53)37-15-7-2-8-16-37)35-21-23-38(24-22-35)47-32-30-42-26-25-41-29-31-46(36-13-5-1-6-14-36)55-51(41)52(42)56-47/h1-34,54,57H/b53-49-,54-50?. The van der Waals surface area contributed by atoms with Gasteiger partial charge in [0.25, 0.3) is 0 Å². The summed E-state index contributed by atoms with van der Waals surface area (Å²) in [7, 11) is 0. The van der Waals surface area contributed by atoms with Crippen molar-refractivity contribution in [2.45, 2.75) is 0 Å². The molecule has 0 aliphatic carbocycles. The number of hydrogen-bond acceptors (Lipinski definition) is 4. The summed E-state index contributed by atoms with van der Waals surface area (Å²) in [5.41, 5.74) is 16.2. The predicted molar refractivity (Wildman–Crippen MR) is 237 cm³/mol. The van der Waals surface area contributed by atoms with Crippen LogP contribution in [0.2, 0.25) is 0 Å². The highest BCUT2D eigenvalue weighted by molar-refractivity contribution is 6.36. The van der Waals surface area contributed by atoms with Gasteiger partial charge in [0.2, 0.25) is 0 Å². The van der Waals surface area contributed by atoms with Gasteiger partial charge in [-0.2, -0.15) is 0 Å². The van der Waals surface area contributed by atoms with E-state index in [9.17, 15) is 5.41 Å². The summed E-state index contributed by atoms with van der Waals surface area (Å²) in [5, 5.41) is 15.6. The molecule has 1 aliphatic heterocycles. The van der Waals surface area contributed by atoms with Crippen LogP contribution in [0.4, 0.5) is 0 Å². The molecule has 9 aromatic rings. The van der Waals surface area contributed by atoms with E-state index in [-0.39, 0.29) is 0 Å². The molecule has 2 aromatic heterocycles. The van der Waals surface area contributed by atoms with Gasteiger partial charge < -0.3 is 5.32 Å². The number of rotatable bonds is 7. The number of pyridine rings is 2. The Morgan fingerprint density at radius 1 is 0.421 bits per heavy atom. The average molecular weight is 729 g/mol.